The molecule has 3 nitrogen and oxygen atoms in total. The van der Waals surface area contributed by atoms with Gasteiger partial charge in [-0.2, -0.15) is 11.3 Å². The second kappa shape index (κ2) is 3.32. The highest BCUT2D eigenvalue weighted by molar-refractivity contribution is 7.08. The van der Waals surface area contributed by atoms with E-state index in [-0.39, 0.29) is 0 Å². The molecule has 0 amide bonds. The van der Waals surface area contributed by atoms with Crippen LogP contribution in [0.2, 0.25) is 19.6 Å². The third kappa shape index (κ3) is 1.78. The van der Waals surface area contributed by atoms with E-state index in [1.807, 2.05) is 22.3 Å². The summed E-state index contributed by atoms with van der Waals surface area (Å²) in [5.74, 6) is 0. The van der Waals surface area contributed by atoms with Crippen molar-refractivity contribution in [2.45, 2.75) is 19.6 Å². The second-order valence-corrected chi connectivity index (χ2v) is 10.1. The van der Waals surface area contributed by atoms with Crippen molar-refractivity contribution in [2.24, 2.45) is 0 Å². The zero-order valence-corrected chi connectivity index (χ0v) is 10.4. The van der Waals surface area contributed by atoms with Crippen LogP contribution in [0.15, 0.2) is 23.0 Å². The third-order valence-corrected chi connectivity index (χ3v) is 4.47. The molecule has 2 aromatic heterocycles. The van der Waals surface area contributed by atoms with Gasteiger partial charge in [-0.1, -0.05) is 24.9 Å². The molecule has 0 aromatic carbocycles. The van der Waals surface area contributed by atoms with Gasteiger partial charge in [-0.15, -0.1) is 5.10 Å². The topological polar surface area (TPSA) is 30.7 Å². The monoisotopic (exact) mass is 223 g/mol. The van der Waals surface area contributed by atoms with E-state index in [1.54, 1.807) is 11.3 Å². The van der Waals surface area contributed by atoms with Gasteiger partial charge in [-0.3, -0.25) is 0 Å². The predicted molar refractivity (Wildman–Crippen MR) is 62.2 cm³/mol. The molecule has 2 aromatic rings. The summed E-state index contributed by atoms with van der Waals surface area (Å²) in [5.41, 5.74) is 1.10. The second-order valence-electron chi connectivity index (χ2n) is 4.28. The Morgan fingerprint density at radius 2 is 2.14 bits per heavy atom. The quantitative estimate of drug-likeness (QED) is 0.728. The number of thiophene rings is 1. The van der Waals surface area contributed by atoms with Crippen LogP contribution in [0.25, 0.3) is 5.69 Å². The fourth-order valence-electron chi connectivity index (χ4n) is 1.12. The Hall–Kier alpha value is -0.943. The van der Waals surface area contributed by atoms with Crippen LogP contribution in [0.1, 0.15) is 0 Å². The average molecular weight is 223 g/mol. The lowest BCUT2D eigenvalue weighted by Gasteiger charge is -2.09. The van der Waals surface area contributed by atoms with E-state index in [1.165, 1.54) is 0 Å². The molecule has 0 N–H and O–H groups in total. The van der Waals surface area contributed by atoms with Crippen LogP contribution in [0, 0.1) is 0 Å². The van der Waals surface area contributed by atoms with Crippen molar-refractivity contribution < 1.29 is 0 Å². The van der Waals surface area contributed by atoms with Gasteiger partial charge in [-0.25, -0.2) is 4.68 Å². The van der Waals surface area contributed by atoms with Crippen LogP contribution >= 0.6 is 11.3 Å². The highest BCUT2D eigenvalue weighted by Gasteiger charge is 2.20. The Labute approximate surface area is 88.4 Å². The maximum Gasteiger partial charge on any atom is 0.106 e. The standard InChI is InChI=1S/C9H13N3SSi/c1-14(2,3)9-6-12(11-10-9)8-4-5-13-7-8/h4-7H,1-3H3. The first kappa shape index (κ1) is 9.61. The van der Waals surface area contributed by atoms with Crippen LogP contribution in [-0.4, -0.2) is 23.1 Å². The van der Waals surface area contributed by atoms with Crippen LogP contribution < -0.4 is 5.32 Å². The molecule has 0 radical (unpaired) electrons. The molecular formula is C9H13N3SSi. The van der Waals surface area contributed by atoms with Crippen molar-refractivity contribution in [3.8, 4) is 5.69 Å². The van der Waals surface area contributed by atoms with Gasteiger partial charge in [0.2, 0.25) is 0 Å². The molecule has 2 rings (SSSR count). The normalized spacial score (nSPS) is 11.9. The molecule has 0 aliphatic carbocycles. The van der Waals surface area contributed by atoms with Crippen LogP contribution in [-0.2, 0) is 0 Å². The van der Waals surface area contributed by atoms with Crippen molar-refractivity contribution >= 4 is 24.7 Å². The molecule has 0 aliphatic rings. The molecule has 0 spiro atoms. The van der Waals surface area contributed by atoms with Crippen molar-refractivity contribution in [3.05, 3.63) is 23.0 Å². The Bertz CT molecular complexity index is 413. The fraction of sp³-hybridized carbons (Fsp3) is 0.333. The number of aromatic nitrogens is 3. The molecule has 14 heavy (non-hydrogen) atoms. The molecule has 0 aliphatic heterocycles. The van der Waals surface area contributed by atoms with Crippen LogP contribution in [0.3, 0.4) is 0 Å². The SMILES string of the molecule is C[Si](C)(C)c1cn(-c2ccsc2)nn1. The van der Waals surface area contributed by atoms with Crippen molar-refractivity contribution in [3.63, 3.8) is 0 Å². The van der Waals surface area contributed by atoms with Gasteiger partial charge in [0.25, 0.3) is 0 Å². The Kier molecular flexibility index (Phi) is 2.28. The van der Waals surface area contributed by atoms with Crippen LogP contribution in [0.5, 0.6) is 0 Å². The average Bonchev–Trinajstić information content (AvgIpc) is 2.73. The minimum absolute atomic E-state index is 1.10. The summed E-state index contributed by atoms with van der Waals surface area (Å²) in [6.45, 7) is 6.82. The first-order valence-electron chi connectivity index (χ1n) is 4.53. The summed E-state index contributed by atoms with van der Waals surface area (Å²) in [4.78, 5) is 0. The van der Waals surface area contributed by atoms with Gasteiger partial charge in [0.15, 0.2) is 0 Å². The van der Waals surface area contributed by atoms with Gasteiger partial charge in [0.05, 0.1) is 11.0 Å². The van der Waals surface area contributed by atoms with E-state index < -0.39 is 8.07 Å². The number of rotatable bonds is 2. The minimum Gasteiger partial charge on any atom is -0.220 e. The van der Waals surface area contributed by atoms with Crippen molar-refractivity contribution in [2.75, 3.05) is 0 Å². The van der Waals surface area contributed by atoms with Gasteiger partial charge >= 0.3 is 0 Å². The van der Waals surface area contributed by atoms with Crippen LogP contribution in [0.4, 0.5) is 0 Å². The largest absolute Gasteiger partial charge is 0.220 e. The van der Waals surface area contributed by atoms with E-state index >= 15 is 0 Å². The third-order valence-electron chi connectivity index (χ3n) is 2.03. The maximum atomic E-state index is 4.22. The first-order valence-corrected chi connectivity index (χ1v) is 8.97. The minimum atomic E-state index is -1.32. The zero-order valence-electron chi connectivity index (χ0n) is 8.56. The molecule has 0 bridgehead atoms. The lowest BCUT2D eigenvalue weighted by Crippen LogP contribution is -2.38. The summed E-state index contributed by atoms with van der Waals surface area (Å²) < 4.78 is 1.85. The Morgan fingerprint density at radius 1 is 1.36 bits per heavy atom. The lowest BCUT2D eigenvalue weighted by molar-refractivity contribution is 0.807. The summed E-state index contributed by atoms with van der Waals surface area (Å²) >= 11 is 1.67. The van der Waals surface area contributed by atoms with Crippen molar-refractivity contribution in [1.82, 2.24) is 15.0 Å². The number of hydrogen-bond donors (Lipinski definition) is 0. The van der Waals surface area contributed by atoms with E-state index in [2.05, 4.69) is 35.3 Å². The maximum absolute atomic E-state index is 4.22. The fourth-order valence-corrected chi connectivity index (χ4v) is 2.60. The first-order chi connectivity index (χ1) is 6.57. The molecule has 74 valence electrons. The van der Waals surface area contributed by atoms with E-state index in [0.717, 1.165) is 11.0 Å². The molecule has 2 heterocycles. The van der Waals surface area contributed by atoms with Gasteiger partial charge < -0.3 is 0 Å². The molecule has 5 heteroatoms. The van der Waals surface area contributed by atoms with Gasteiger partial charge in [-0.05, 0) is 11.4 Å². The molecule has 0 unspecified atom stereocenters. The molecule has 0 saturated heterocycles. The predicted octanol–water partition coefficient (Wildman–Crippen LogP) is 1.87. The molecule has 0 atom stereocenters. The van der Waals surface area contributed by atoms with Gasteiger partial charge in [0.1, 0.15) is 8.07 Å². The van der Waals surface area contributed by atoms with E-state index in [4.69, 9.17) is 0 Å². The zero-order chi connectivity index (χ0) is 10.2. The molecular weight excluding hydrogens is 210 g/mol. The smallest absolute Gasteiger partial charge is 0.106 e. The highest BCUT2D eigenvalue weighted by Crippen LogP contribution is 2.10. The Balaban J connectivity index is 2.36. The summed E-state index contributed by atoms with van der Waals surface area (Å²) in [5, 5.41) is 13.6. The molecule has 0 saturated carbocycles. The number of hydrogen-bond acceptors (Lipinski definition) is 3. The summed E-state index contributed by atoms with van der Waals surface area (Å²) in [6, 6.07) is 2.05. The van der Waals surface area contributed by atoms with E-state index in [9.17, 15) is 0 Å². The summed E-state index contributed by atoms with van der Waals surface area (Å²) in [7, 11) is -1.32. The highest BCUT2D eigenvalue weighted by atomic mass is 32.1. The van der Waals surface area contributed by atoms with E-state index in [0.29, 0.717) is 0 Å². The Morgan fingerprint density at radius 3 is 2.64 bits per heavy atom. The van der Waals surface area contributed by atoms with Crippen molar-refractivity contribution in [1.29, 1.82) is 0 Å². The summed E-state index contributed by atoms with van der Waals surface area (Å²) in [6.07, 6.45) is 2.05. The lowest BCUT2D eigenvalue weighted by atomic mass is 10.5. The van der Waals surface area contributed by atoms with Gasteiger partial charge in [0, 0.05) is 11.6 Å². The molecule has 0 fully saturated rings. The number of nitrogens with zero attached hydrogens (tertiary/aromatic N) is 3.